The molecule has 4 nitrogen and oxygen atoms in total. The van der Waals surface area contributed by atoms with Gasteiger partial charge < -0.3 is 4.74 Å². The van der Waals surface area contributed by atoms with E-state index in [0.717, 1.165) is 49.2 Å². The number of hydrogen-bond donors (Lipinski definition) is 0. The van der Waals surface area contributed by atoms with E-state index in [-0.39, 0.29) is 12.0 Å². The van der Waals surface area contributed by atoms with E-state index in [4.69, 9.17) is 4.74 Å². The van der Waals surface area contributed by atoms with Crippen LogP contribution < -0.4 is 0 Å². The number of piperidine rings is 2. The van der Waals surface area contributed by atoms with Crippen molar-refractivity contribution in [2.45, 2.75) is 61.6 Å². The summed E-state index contributed by atoms with van der Waals surface area (Å²) in [6, 6.07) is 7.75. The molecule has 2 heterocycles. The SMILES string of the molecule is CCOC(=O)[C@]1(S(=O)c2ccc(C)cc2)CCCN2CCCC[C@@H]21. The summed E-state index contributed by atoms with van der Waals surface area (Å²) in [4.78, 5) is 16.1. The normalized spacial score (nSPS) is 28.8. The standard InChI is InChI=1S/C19H27NO3S/c1-3-23-18(21)19(24(22)16-10-8-15(2)9-11-16)12-6-14-20-13-5-4-7-17(19)20/h8-11,17H,3-7,12-14H2,1-2H3/t17-,19+,24?/m1/s1. The van der Waals surface area contributed by atoms with Gasteiger partial charge in [0.1, 0.15) is 0 Å². The Kier molecular flexibility index (Phi) is 5.40. The number of carbonyl (C=O) groups is 1. The van der Waals surface area contributed by atoms with Gasteiger partial charge in [-0.15, -0.1) is 0 Å². The number of carbonyl (C=O) groups excluding carboxylic acids is 1. The highest BCUT2D eigenvalue weighted by Gasteiger charge is 2.56. The average molecular weight is 349 g/mol. The Labute approximate surface area is 147 Å². The smallest absolute Gasteiger partial charge is 0.326 e. The number of fused-ring (bicyclic) bond motifs is 1. The highest BCUT2D eigenvalue weighted by atomic mass is 32.2. The zero-order chi connectivity index (χ0) is 17.2. The maximum atomic E-state index is 13.6. The molecule has 2 fully saturated rings. The van der Waals surface area contributed by atoms with Crippen LogP contribution in [-0.4, -0.2) is 45.6 Å². The van der Waals surface area contributed by atoms with Crippen molar-refractivity contribution in [1.82, 2.24) is 4.90 Å². The van der Waals surface area contributed by atoms with Crippen molar-refractivity contribution in [3.05, 3.63) is 29.8 Å². The van der Waals surface area contributed by atoms with Crippen LogP contribution in [0, 0.1) is 6.92 Å². The van der Waals surface area contributed by atoms with Gasteiger partial charge in [0.15, 0.2) is 4.75 Å². The molecular weight excluding hydrogens is 322 g/mol. The Morgan fingerprint density at radius 1 is 1.25 bits per heavy atom. The molecule has 0 aromatic heterocycles. The van der Waals surface area contributed by atoms with Gasteiger partial charge in [-0.3, -0.25) is 13.9 Å². The third kappa shape index (κ3) is 3.04. The molecule has 24 heavy (non-hydrogen) atoms. The number of hydrogen-bond acceptors (Lipinski definition) is 4. The quantitative estimate of drug-likeness (QED) is 0.784. The summed E-state index contributed by atoms with van der Waals surface area (Å²) in [5.41, 5.74) is 1.13. The van der Waals surface area contributed by atoms with Gasteiger partial charge in [0.2, 0.25) is 0 Å². The highest BCUT2D eigenvalue weighted by molar-refractivity contribution is 7.87. The fourth-order valence-corrected chi connectivity index (χ4v) is 6.01. The van der Waals surface area contributed by atoms with Gasteiger partial charge in [-0.25, -0.2) is 0 Å². The average Bonchev–Trinajstić information content (AvgIpc) is 2.61. The second-order valence-electron chi connectivity index (χ2n) is 6.84. The Bertz CT molecular complexity index is 614. The van der Waals surface area contributed by atoms with Crippen LogP contribution >= 0.6 is 0 Å². The molecule has 0 bridgehead atoms. The molecule has 132 valence electrons. The third-order valence-corrected chi connectivity index (χ3v) is 7.34. The zero-order valence-corrected chi connectivity index (χ0v) is 15.4. The van der Waals surface area contributed by atoms with Crippen LogP contribution in [0.3, 0.4) is 0 Å². The molecule has 2 aliphatic rings. The maximum absolute atomic E-state index is 13.6. The molecule has 3 atom stereocenters. The van der Waals surface area contributed by atoms with Gasteiger partial charge in [-0.05, 0) is 64.8 Å². The minimum absolute atomic E-state index is 0.0289. The summed E-state index contributed by atoms with van der Waals surface area (Å²) in [6.07, 6.45) is 4.72. The minimum atomic E-state index is -1.40. The van der Waals surface area contributed by atoms with Crippen molar-refractivity contribution in [2.75, 3.05) is 19.7 Å². The lowest BCUT2D eigenvalue weighted by atomic mass is 9.82. The van der Waals surface area contributed by atoms with E-state index in [1.807, 2.05) is 38.1 Å². The maximum Gasteiger partial charge on any atom is 0.326 e. The molecule has 0 aliphatic carbocycles. The molecule has 0 N–H and O–H groups in total. The van der Waals surface area contributed by atoms with Crippen LogP contribution in [0.5, 0.6) is 0 Å². The molecule has 1 unspecified atom stereocenters. The highest BCUT2D eigenvalue weighted by Crippen LogP contribution is 2.41. The van der Waals surface area contributed by atoms with E-state index in [0.29, 0.717) is 13.0 Å². The van der Waals surface area contributed by atoms with Crippen LogP contribution in [0.15, 0.2) is 29.2 Å². The molecule has 0 saturated carbocycles. The Morgan fingerprint density at radius 3 is 2.67 bits per heavy atom. The van der Waals surface area contributed by atoms with Gasteiger partial charge in [0, 0.05) is 10.9 Å². The molecule has 3 rings (SSSR count). The van der Waals surface area contributed by atoms with Gasteiger partial charge in [-0.1, -0.05) is 24.1 Å². The lowest BCUT2D eigenvalue weighted by Gasteiger charge is -2.49. The second kappa shape index (κ2) is 7.36. The first-order valence-electron chi connectivity index (χ1n) is 8.99. The van der Waals surface area contributed by atoms with E-state index in [1.165, 1.54) is 0 Å². The Morgan fingerprint density at radius 2 is 1.96 bits per heavy atom. The summed E-state index contributed by atoms with van der Waals surface area (Å²) in [6.45, 7) is 6.16. The number of rotatable bonds is 4. The number of esters is 1. The van der Waals surface area contributed by atoms with E-state index in [9.17, 15) is 9.00 Å². The summed E-state index contributed by atoms with van der Waals surface area (Å²) in [5.74, 6) is -0.277. The van der Waals surface area contributed by atoms with Gasteiger partial charge in [-0.2, -0.15) is 0 Å². The molecule has 2 saturated heterocycles. The zero-order valence-electron chi connectivity index (χ0n) is 14.6. The van der Waals surface area contributed by atoms with Crippen molar-refractivity contribution in [3.8, 4) is 0 Å². The monoisotopic (exact) mass is 349 g/mol. The fraction of sp³-hybridized carbons (Fsp3) is 0.632. The summed E-state index contributed by atoms with van der Waals surface area (Å²) in [7, 11) is -1.40. The molecule has 0 spiro atoms. The predicted molar refractivity (Wildman–Crippen MR) is 95.4 cm³/mol. The molecule has 2 aliphatic heterocycles. The van der Waals surface area contributed by atoms with Crippen molar-refractivity contribution in [3.63, 3.8) is 0 Å². The van der Waals surface area contributed by atoms with Gasteiger partial charge in [0.25, 0.3) is 0 Å². The summed E-state index contributed by atoms with van der Waals surface area (Å²) < 4.78 is 18.1. The van der Waals surface area contributed by atoms with Crippen LogP contribution in [0.4, 0.5) is 0 Å². The number of nitrogens with zero attached hydrogens (tertiary/aromatic N) is 1. The van der Waals surface area contributed by atoms with Crippen LogP contribution in [0.2, 0.25) is 0 Å². The largest absolute Gasteiger partial charge is 0.465 e. The molecule has 1 aromatic carbocycles. The van der Waals surface area contributed by atoms with Gasteiger partial charge in [0.05, 0.1) is 17.4 Å². The van der Waals surface area contributed by atoms with Crippen LogP contribution in [0.25, 0.3) is 0 Å². The molecule has 0 radical (unpaired) electrons. The molecular formula is C19H27NO3S. The summed E-state index contributed by atoms with van der Waals surface area (Å²) >= 11 is 0. The Balaban J connectivity index is 2.03. The lowest BCUT2D eigenvalue weighted by molar-refractivity contribution is -0.150. The van der Waals surface area contributed by atoms with Crippen molar-refractivity contribution in [2.24, 2.45) is 0 Å². The Hall–Kier alpha value is -1.20. The van der Waals surface area contributed by atoms with Crippen LogP contribution in [0.1, 0.15) is 44.6 Å². The molecule has 0 amide bonds. The number of aryl methyl sites for hydroxylation is 1. The van der Waals surface area contributed by atoms with E-state index < -0.39 is 15.5 Å². The first-order valence-corrected chi connectivity index (χ1v) is 10.1. The first-order chi connectivity index (χ1) is 11.6. The van der Waals surface area contributed by atoms with Crippen LogP contribution in [-0.2, 0) is 20.3 Å². The first kappa shape index (κ1) is 17.6. The fourth-order valence-electron chi connectivity index (χ4n) is 4.15. The molecule has 5 heteroatoms. The van der Waals surface area contributed by atoms with Crippen molar-refractivity contribution >= 4 is 16.8 Å². The molecule has 1 aromatic rings. The predicted octanol–water partition coefficient (Wildman–Crippen LogP) is 3.05. The van der Waals surface area contributed by atoms with E-state index >= 15 is 0 Å². The summed E-state index contributed by atoms with van der Waals surface area (Å²) in [5, 5.41) is 0. The van der Waals surface area contributed by atoms with E-state index in [1.54, 1.807) is 0 Å². The second-order valence-corrected chi connectivity index (χ2v) is 8.58. The number of ether oxygens (including phenoxy) is 1. The van der Waals surface area contributed by atoms with Gasteiger partial charge >= 0.3 is 5.97 Å². The topological polar surface area (TPSA) is 46.6 Å². The van der Waals surface area contributed by atoms with Crippen molar-refractivity contribution in [1.29, 1.82) is 0 Å². The van der Waals surface area contributed by atoms with Crippen molar-refractivity contribution < 1.29 is 13.7 Å². The minimum Gasteiger partial charge on any atom is -0.465 e. The lowest BCUT2D eigenvalue weighted by Crippen LogP contribution is -2.64. The van der Waals surface area contributed by atoms with E-state index in [2.05, 4.69) is 4.90 Å². The third-order valence-electron chi connectivity index (χ3n) is 5.33. The number of benzene rings is 1.